The fraction of sp³-hybridized carbons (Fsp3) is 1.00. The van der Waals surface area contributed by atoms with Gasteiger partial charge >= 0.3 is 18.9 Å². The van der Waals surface area contributed by atoms with Crippen molar-refractivity contribution in [3.63, 3.8) is 0 Å². The van der Waals surface area contributed by atoms with Crippen molar-refractivity contribution < 1.29 is 4.74 Å². The van der Waals surface area contributed by atoms with Crippen molar-refractivity contribution in [2.75, 3.05) is 13.2 Å². The monoisotopic (exact) mass is 112 g/mol. The van der Waals surface area contributed by atoms with E-state index in [4.69, 9.17) is 4.74 Å². The van der Waals surface area contributed by atoms with E-state index in [1.54, 1.807) is 0 Å². The van der Waals surface area contributed by atoms with Crippen LogP contribution in [0.15, 0.2) is 0 Å². The summed E-state index contributed by atoms with van der Waals surface area (Å²) in [5.74, 6) is 0. The third kappa shape index (κ3) is 19.2. The topological polar surface area (TPSA) is 9.23 Å². The van der Waals surface area contributed by atoms with Gasteiger partial charge in [-0.25, -0.2) is 0 Å². The first-order valence-corrected chi connectivity index (χ1v) is 1.99. The maximum absolute atomic E-state index is 4.83. The molecule has 0 bridgehead atoms. The molecule has 0 aliphatic carbocycles. The second-order valence-electron chi connectivity index (χ2n) is 0.781. The molecule has 0 aliphatic rings. The average Bonchev–Trinajstić information content (AvgIpc) is 1.41. The molecule has 7 heavy (non-hydrogen) atoms. The van der Waals surface area contributed by atoms with Gasteiger partial charge in [0.25, 0.3) is 0 Å². The zero-order valence-corrected chi connectivity index (χ0v) is 3.82. The van der Waals surface area contributed by atoms with Gasteiger partial charge in [-0.05, 0) is 13.8 Å². The molecule has 0 radical (unpaired) electrons. The third-order valence-electron chi connectivity index (χ3n) is 0.408. The van der Waals surface area contributed by atoms with E-state index in [1.165, 1.54) is 0 Å². The van der Waals surface area contributed by atoms with Crippen LogP contribution in [0.3, 0.4) is 0 Å². The van der Waals surface area contributed by atoms with Gasteiger partial charge in [-0.2, -0.15) is 0 Å². The molecule has 0 aromatic rings. The predicted octanol–water partition coefficient (Wildman–Crippen LogP) is -0.790. The van der Waals surface area contributed by atoms with Gasteiger partial charge < -0.3 is 4.74 Å². The minimum atomic E-state index is 0. The van der Waals surface area contributed by atoms with Gasteiger partial charge in [-0.15, -0.1) is 0 Å². The summed E-state index contributed by atoms with van der Waals surface area (Å²) in [4.78, 5) is 0. The molecule has 0 fully saturated rings. The number of hydrogen-bond donors (Lipinski definition) is 0. The zero-order chi connectivity index (χ0) is 4.12. The molecular formula is C4H14AlLiO. The first kappa shape index (κ1) is 15.7. The second-order valence-corrected chi connectivity index (χ2v) is 0.781. The summed E-state index contributed by atoms with van der Waals surface area (Å²) in [5.41, 5.74) is 0. The van der Waals surface area contributed by atoms with Crippen molar-refractivity contribution in [2.24, 2.45) is 0 Å². The molecule has 0 heterocycles. The summed E-state index contributed by atoms with van der Waals surface area (Å²) in [6.45, 7) is 5.67. The molecule has 0 aliphatic heterocycles. The number of ether oxygens (including phenoxy) is 1. The molecule has 0 saturated heterocycles. The summed E-state index contributed by atoms with van der Waals surface area (Å²) >= 11 is 0. The van der Waals surface area contributed by atoms with Crippen molar-refractivity contribution in [3.8, 4) is 0 Å². The normalized spacial score (nSPS) is 6.00. The number of hydrogen-bond acceptors (Lipinski definition) is 1. The van der Waals surface area contributed by atoms with Gasteiger partial charge in [0, 0.05) is 13.2 Å². The Balaban J connectivity index is -0.0000000800. The molecule has 0 spiro atoms. The van der Waals surface area contributed by atoms with Crippen molar-refractivity contribution in [1.29, 1.82) is 0 Å². The molecule has 0 N–H and O–H groups in total. The Morgan fingerprint density at radius 1 is 1.14 bits per heavy atom. The van der Waals surface area contributed by atoms with Crippen molar-refractivity contribution >= 4 is 36.2 Å². The van der Waals surface area contributed by atoms with E-state index >= 15 is 0 Å². The van der Waals surface area contributed by atoms with Crippen molar-refractivity contribution in [1.82, 2.24) is 0 Å². The van der Waals surface area contributed by atoms with Crippen LogP contribution in [-0.2, 0) is 4.74 Å². The Hall–Kier alpha value is 1.09. The SMILES string of the molecule is CCOCC.[AlH3].[LiH]. The average molecular weight is 112 g/mol. The molecule has 0 amide bonds. The number of rotatable bonds is 2. The molecule has 0 aromatic carbocycles. The van der Waals surface area contributed by atoms with Gasteiger partial charge in [0.05, 0.1) is 0 Å². The van der Waals surface area contributed by atoms with E-state index in [1.807, 2.05) is 13.8 Å². The summed E-state index contributed by atoms with van der Waals surface area (Å²) in [5, 5.41) is 0. The van der Waals surface area contributed by atoms with Crippen LogP contribution >= 0.6 is 0 Å². The third-order valence-corrected chi connectivity index (χ3v) is 0.408. The first-order valence-electron chi connectivity index (χ1n) is 1.99. The van der Waals surface area contributed by atoms with Crippen LogP contribution in [0.2, 0.25) is 0 Å². The van der Waals surface area contributed by atoms with E-state index in [-0.39, 0.29) is 36.2 Å². The van der Waals surface area contributed by atoms with Crippen molar-refractivity contribution in [3.05, 3.63) is 0 Å². The summed E-state index contributed by atoms with van der Waals surface area (Å²) < 4.78 is 4.83. The molecule has 0 atom stereocenters. The first-order chi connectivity index (χ1) is 2.41. The van der Waals surface area contributed by atoms with E-state index < -0.39 is 0 Å². The fourth-order valence-corrected chi connectivity index (χ4v) is 0.204. The fourth-order valence-electron chi connectivity index (χ4n) is 0.204. The van der Waals surface area contributed by atoms with Gasteiger partial charge in [-0.1, -0.05) is 0 Å². The predicted molar refractivity (Wildman–Crippen MR) is 39.3 cm³/mol. The van der Waals surface area contributed by atoms with Crippen LogP contribution in [0.4, 0.5) is 0 Å². The Kier molecular flexibility index (Phi) is 35.2. The second kappa shape index (κ2) is 15.7. The minimum absolute atomic E-state index is 0. The maximum atomic E-state index is 4.83. The van der Waals surface area contributed by atoms with Crippen LogP contribution < -0.4 is 0 Å². The van der Waals surface area contributed by atoms with Crippen LogP contribution in [-0.4, -0.2) is 49.4 Å². The van der Waals surface area contributed by atoms with Crippen molar-refractivity contribution in [2.45, 2.75) is 13.8 Å². The zero-order valence-electron chi connectivity index (χ0n) is 3.82. The quantitative estimate of drug-likeness (QED) is 0.425. The molecule has 0 rings (SSSR count). The molecule has 1 nitrogen and oxygen atoms in total. The van der Waals surface area contributed by atoms with Gasteiger partial charge in [-0.3, -0.25) is 0 Å². The van der Waals surface area contributed by atoms with E-state index in [9.17, 15) is 0 Å². The molecule has 0 aromatic heterocycles. The molecule has 40 valence electrons. The Labute approximate surface area is 68.1 Å². The van der Waals surface area contributed by atoms with Crippen LogP contribution in [0.25, 0.3) is 0 Å². The van der Waals surface area contributed by atoms with Gasteiger partial charge in [0.1, 0.15) is 0 Å². The standard InChI is InChI=1S/C4H10O.Al.Li.4H/c1-3-5-4-2;;;;;;/h3-4H2,1-2H3;;;;;;. The van der Waals surface area contributed by atoms with Gasteiger partial charge in [0.15, 0.2) is 17.4 Å². The molecule has 3 heteroatoms. The molecule has 0 saturated carbocycles. The van der Waals surface area contributed by atoms with Crippen LogP contribution in [0.5, 0.6) is 0 Å². The summed E-state index contributed by atoms with van der Waals surface area (Å²) in [7, 11) is 0. The summed E-state index contributed by atoms with van der Waals surface area (Å²) in [6.07, 6.45) is 0. The van der Waals surface area contributed by atoms with E-state index in [0.717, 1.165) is 13.2 Å². The van der Waals surface area contributed by atoms with Crippen LogP contribution in [0.1, 0.15) is 13.8 Å². The molecular weight excluding hydrogens is 98.0 g/mol. The van der Waals surface area contributed by atoms with Gasteiger partial charge in [0.2, 0.25) is 0 Å². The Morgan fingerprint density at radius 2 is 1.43 bits per heavy atom. The molecule has 0 unspecified atom stereocenters. The Bertz CT molecular complexity index is 19.2. The summed E-state index contributed by atoms with van der Waals surface area (Å²) in [6, 6.07) is 0. The van der Waals surface area contributed by atoms with Crippen LogP contribution in [0, 0.1) is 0 Å². The van der Waals surface area contributed by atoms with E-state index in [0.29, 0.717) is 0 Å². The Morgan fingerprint density at radius 3 is 1.43 bits per heavy atom. The van der Waals surface area contributed by atoms with E-state index in [2.05, 4.69) is 0 Å².